The van der Waals surface area contributed by atoms with Crippen LogP contribution in [0, 0.1) is 17.8 Å². The van der Waals surface area contributed by atoms with Crippen LogP contribution >= 0.6 is 0 Å². The van der Waals surface area contributed by atoms with E-state index in [9.17, 15) is 14.7 Å². The summed E-state index contributed by atoms with van der Waals surface area (Å²) < 4.78 is 0. The molecule has 0 bridgehead atoms. The van der Waals surface area contributed by atoms with E-state index in [4.69, 9.17) is 11.8 Å². The summed E-state index contributed by atoms with van der Waals surface area (Å²) in [7, 11) is 3.57. The van der Waals surface area contributed by atoms with Crippen LogP contribution in [0.15, 0.2) is 48.5 Å². The first kappa shape index (κ1) is 21.9. The fourth-order valence-corrected chi connectivity index (χ4v) is 3.33. The number of rotatable bonds is 4. The zero-order valence-electron chi connectivity index (χ0n) is 17.4. The van der Waals surface area contributed by atoms with Crippen LogP contribution in [0.5, 0.6) is 0 Å². The third-order valence-corrected chi connectivity index (χ3v) is 5.02. The van der Waals surface area contributed by atoms with Crippen molar-refractivity contribution in [2.75, 3.05) is 31.3 Å². The molecule has 3 rings (SSSR count). The predicted molar refractivity (Wildman–Crippen MR) is 120 cm³/mol. The van der Waals surface area contributed by atoms with Crippen LogP contribution in [-0.2, 0) is 4.79 Å². The lowest BCUT2D eigenvalue weighted by atomic mass is 10.1. The Balaban J connectivity index is 1.66. The molecule has 1 fully saturated rings. The lowest BCUT2D eigenvalue weighted by Gasteiger charge is -2.24. The summed E-state index contributed by atoms with van der Waals surface area (Å²) >= 11 is 0. The quantitative estimate of drug-likeness (QED) is 0.346. The van der Waals surface area contributed by atoms with Gasteiger partial charge in [0.1, 0.15) is 11.9 Å². The number of terminal acetylenes is 1. The van der Waals surface area contributed by atoms with Gasteiger partial charge in [0, 0.05) is 49.6 Å². The molecule has 1 saturated heterocycles. The molecule has 0 spiro atoms. The second kappa shape index (κ2) is 9.32. The Morgan fingerprint density at radius 1 is 1.10 bits per heavy atom. The smallest absolute Gasteiger partial charge is 0.322 e. The van der Waals surface area contributed by atoms with Crippen LogP contribution in [0.25, 0.3) is 0 Å². The van der Waals surface area contributed by atoms with Crippen molar-refractivity contribution < 1.29 is 14.7 Å². The van der Waals surface area contributed by atoms with Gasteiger partial charge in [-0.1, -0.05) is 5.92 Å². The van der Waals surface area contributed by atoms with Gasteiger partial charge >= 0.3 is 6.03 Å². The molecule has 8 heteroatoms. The second-order valence-electron chi connectivity index (χ2n) is 7.52. The number of carbonyl (C=O) groups excluding carboxylic acids is 2. The molecule has 0 unspecified atom stereocenters. The molecule has 160 valence electrons. The number of hydrogen-bond acceptors (Lipinski definition) is 4. The van der Waals surface area contributed by atoms with Crippen molar-refractivity contribution in [1.29, 1.82) is 5.41 Å². The van der Waals surface area contributed by atoms with Gasteiger partial charge in [0.2, 0.25) is 5.91 Å². The summed E-state index contributed by atoms with van der Waals surface area (Å²) in [6.07, 6.45) is 4.70. The highest BCUT2D eigenvalue weighted by Gasteiger charge is 2.39. The molecule has 3 amide bonds. The zero-order valence-corrected chi connectivity index (χ0v) is 17.4. The highest BCUT2D eigenvalue weighted by Crippen LogP contribution is 2.22. The highest BCUT2D eigenvalue weighted by molar-refractivity contribution is 6.00. The average molecular weight is 419 g/mol. The maximum atomic E-state index is 12.8. The van der Waals surface area contributed by atoms with Gasteiger partial charge in [0.05, 0.1) is 6.10 Å². The van der Waals surface area contributed by atoms with Crippen LogP contribution in [0.1, 0.15) is 17.5 Å². The Bertz CT molecular complexity index is 1010. The molecule has 2 atom stereocenters. The number of hydrogen-bond donors (Lipinski definition) is 4. The van der Waals surface area contributed by atoms with Crippen LogP contribution in [0.2, 0.25) is 0 Å². The highest BCUT2D eigenvalue weighted by atomic mass is 16.3. The average Bonchev–Trinajstić information content (AvgIpc) is 3.16. The first-order chi connectivity index (χ1) is 14.8. The molecule has 0 radical (unpaired) electrons. The molecule has 1 aliphatic heterocycles. The van der Waals surface area contributed by atoms with Crippen molar-refractivity contribution in [1.82, 2.24) is 9.80 Å². The van der Waals surface area contributed by atoms with E-state index in [2.05, 4.69) is 16.6 Å². The van der Waals surface area contributed by atoms with Gasteiger partial charge in [-0.3, -0.25) is 10.2 Å². The molecular weight excluding hydrogens is 394 g/mol. The lowest BCUT2D eigenvalue weighted by Crippen LogP contribution is -2.45. The topological polar surface area (TPSA) is 109 Å². The molecule has 1 aliphatic rings. The van der Waals surface area contributed by atoms with Crippen molar-refractivity contribution in [3.63, 3.8) is 0 Å². The molecule has 0 aliphatic carbocycles. The number of nitrogens with zero attached hydrogens (tertiary/aromatic N) is 2. The van der Waals surface area contributed by atoms with Crippen LogP contribution in [0.4, 0.5) is 16.2 Å². The number of amidine groups is 1. The number of nitrogens with one attached hydrogen (secondary N) is 3. The van der Waals surface area contributed by atoms with E-state index >= 15 is 0 Å². The maximum absolute atomic E-state index is 12.8. The Labute approximate surface area is 181 Å². The third kappa shape index (κ3) is 5.21. The SMILES string of the molecule is C#Cc1ccc(NC(=O)N2C[C@H](O)C[C@H]2C(=O)Nc2ccc(C(=N)N(C)C)cc2)cc1. The number of carbonyl (C=O) groups is 2. The number of aliphatic hydroxyl groups is 1. The fraction of sp³-hybridized carbons (Fsp3) is 0.261. The zero-order chi connectivity index (χ0) is 22.5. The Kier molecular flexibility index (Phi) is 6.58. The van der Waals surface area contributed by atoms with Gasteiger partial charge < -0.3 is 25.5 Å². The van der Waals surface area contributed by atoms with E-state index in [1.165, 1.54) is 4.90 Å². The van der Waals surface area contributed by atoms with E-state index in [0.717, 1.165) is 5.56 Å². The van der Waals surface area contributed by atoms with E-state index in [0.29, 0.717) is 22.8 Å². The monoisotopic (exact) mass is 419 g/mol. The Hall–Kier alpha value is -3.83. The summed E-state index contributed by atoms with van der Waals surface area (Å²) in [4.78, 5) is 28.6. The van der Waals surface area contributed by atoms with E-state index in [1.54, 1.807) is 67.5 Å². The van der Waals surface area contributed by atoms with Crippen LogP contribution in [-0.4, -0.2) is 65.5 Å². The molecule has 2 aromatic carbocycles. The van der Waals surface area contributed by atoms with Gasteiger partial charge in [0.15, 0.2) is 0 Å². The largest absolute Gasteiger partial charge is 0.391 e. The lowest BCUT2D eigenvalue weighted by molar-refractivity contribution is -0.119. The fourth-order valence-electron chi connectivity index (χ4n) is 3.33. The van der Waals surface area contributed by atoms with E-state index < -0.39 is 18.2 Å². The van der Waals surface area contributed by atoms with Gasteiger partial charge in [-0.15, -0.1) is 6.42 Å². The summed E-state index contributed by atoms with van der Waals surface area (Å²) in [5.74, 6) is 2.48. The Morgan fingerprint density at radius 3 is 2.26 bits per heavy atom. The van der Waals surface area contributed by atoms with Crippen molar-refractivity contribution in [2.24, 2.45) is 0 Å². The molecule has 1 heterocycles. The molecule has 31 heavy (non-hydrogen) atoms. The predicted octanol–water partition coefficient (Wildman–Crippen LogP) is 2.16. The number of amides is 3. The first-order valence-electron chi connectivity index (χ1n) is 9.78. The van der Waals surface area contributed by atoms with Crippen molar-refractivity contribution >= 4 is 29.1 Å². The molecule has 8 nitrogen and oxygen atoms in total. The standard InChI is InChI=1S/C23H25N5O3/c1-4-15-5-9-18(10-6-15)26-23(31)28-14-19(29)13-20(28)22(30)25-17-11-7-16(8-12-17)21(24)27(2)3/h1,5-12,19-20,24,29H,13-14H2,2-3H3,(H,25,30)(H,26,31)/t19-,20+/m1/s1. The minimum Gasteiger partial charge on any atom is -0.391 e. The molecule has 2 aromatic rings. The van der Waals surface area contributed by atoms with Gasteiger partial charge in [-0.2, -0.15) is 0 Å². The minimum atomic E-state index is -0.806. The molecular formula is C23H25N5O3. The van der Waals surface area contributed by atoms with Gasteiger partial charge in [-0.25, -0.2) is 4.79 Å². The van der Waals surface area contributed by atoms with Gasteiger partial charge in [0.25, 0.3) is 0 Å². The van der Waals surface area contributed by atoms with Crippen LogP contribution in [0.3, 0.4) is 0 Å². The molecule has 0 saturated carbocycles. The second-order valence-corrected chi connectivity index (χ2v) is 7.52. The summed E-state index contributed by atoms with van der Waals surface area (Å²) in [5, 5.41) is 23.6. The van der Waals surface area contributed by atoms with Crippen molar-refractivity contribution in [3.05, 3.63) is 59.7 Å². The first-order valence-corrected chi connectivity index (χ1v) is 9.78. The van der Waals surface area contributed by atoms with E-state index in [1.807, 2.05) is 0 Å². The summed E-state index contributed by atoms with van der Waals surface area (Å²) in [5.41, 5.74) is 2.50. The molecule has 4 N–H and O–H groups in total. The Morgan fingerprint density at radius 2 is 1.68 bits per heavy atom. The minimum absolute atomic E-state index is 0.0608. The number of anilines is 2. The third-order valence-electron chi connectivity index (χ3n) is 5.02. The normalized spacial score (nSPS) is 17.5. The number of benzene rings is 2. The van der Waals surface area contributed by atoms with Gasteiger partial charge in [-0.05, 0) is 48.5 Å². The number of β-amino-alcohol motifs (C(OH)–C–C–N with tert-alkyl or cyclic N) is 1. The molecule has 0 aromatic heterocycles. The van der Waals surface area contributed by atoms with Crippen molar-refractivity contribution in [3.8, 4) is 12.3 Å². The van der Waals surface area contributed by atoms with Crippen LogP contribution < -0.4 is 10.6 Å². The number of likely N-dealkylation sites (tertiary alicyclic amines) is 1. The number of urea groups is 1. The van der Waals surface area contributed by atoms with E-state index in [-0.39, 0.29) is 18.9 Å². The van der Waals surface area contributed by atoms with Crippen molar-refractivity contribution in [2.45, 2.75) is 18.6 Å². The summed E-state index contributed by atoms with van der Waals surface area (Å²) in [6, 6.07) is 12.4. The summed E-state index contributed by atoms with van der Waals surface area (Å²) in [6.45, 7) is 0.0608. The maximum Gasteiger partial charge on any atom is 0.322 e. The number of aliphatic hydroxyl groups excluding tert-OH is 1.